The molecule has 0 aliphatic heterocycles. The maximum absolute atomic E-state index is 13.0. The molecule has 4 rings (SSSR count). The number of non-ortho nitro benzene ring substituents is 1. The lowest BCUT2D eigenvalue weighted by Crippen LogP contribution is -2.26. The van der Waals surface area contributed by atoms with E-state index in [-0.39, 0.29) is 11.6 Å². The molecule has 164 valence electrons. The molecule has 1 N–H and O–H groups in total. The standard InChI is InChI=1S/C25H18BrN3O4/c26-22-15-19(29(31)32)11-13-21(22)23-14-12-20(33-23)16-27-28-25(30)24(17-7-3-1-4-8-17)18-9-5-2-6-10-18/h1-16,24H,(H,28,30)/b27-16-. The minimum absolute atomic E-state index is 0.0203. The molecule has 8 heteroatoms. The zero-order chi connectivity index (χ0) is 23.2. The number of hydrogen-bond donors (Lipinski definition) is 1. The summed E-state index contributed by atoms with van der Waals surface area (Å²) in [4.78, 5) is 23.4. The van der Waals surface area contributed by atoms with Crippen molar-refractivity contribution in [3.8, 4) is 11.3 Å². The van der Waals surface area contributed by atoms with E-state index in [0.717, 1.165) is 11.1 Å². The highest BCUT2D eigenvalue weighted by Crippen LogP contribution is 2.32. The summed E-state index contributed by atoms with van der Waals surface area (Å²) in [6.45, 7) is 0. The van der Waals surface area contributed by atoms with Crippen molar-refractivity contribution in [2.45, 2.75) is 5.92 Å². The Kier molecular flexibility index (Phi) is 6.75. The van der Waals surface area contributed by atoms with E-state index in [1.165, 1.54) is 18.3 Å². The van der Waals surface area contributed by atoms with Gasteiger partial charge in [-0.3, -0.25) is 14.9 Å². The summed E-state index contributed by atoms with van der Waals surface area (Å²) < 4.78 is 6.30. The molecule has 0 aliphatic rings. The third-order valence-corrected chi connectivity index (χ3v) is 5.61. The van der Waals surface area contributed by atoms with Crippen LogP contribution < -0.4 is 5.43 Å². The monoisotopic (exact) mass is 503 g/mol. The van der Waals surface area contributed by atoms with Gasteiger partial charge in [-0.25, -0.2) is 5.43 Å². The van der Waals surface area contributed by atoms with Crippen molar-refractivity contribution in [3.63, 3.8) is 0 Å². The minimum atomic E-state index is -0.507. The van der Waals surface area contributed by atoms with Gasteiger partial charge in [0.1, 0.15) is 11.5 Å². The van der Waals surface area contributed by atoms with Gasteiger partial charge in [-0.1, -0.05) is 60.7 Å². The van der Waals surface area contributed by atoms with Gasteiger partial charge >= 0.3 is 0 Å². The van der Waals surface area contributed by atoms with Crippen LogP contribution >= 0.6 is 15.9 Å². The fourth-order valence-electron chi connectivity index (χ4n) is 3.39. The number of nitro groups is 1. The van der Waals surface area contributed by atoms with Crippen LogP contribution in [0.4, 0.5) is 5.69 Å². The highest BCUT2D eigenvalue weighted by molar-refractivity contribution is 9.10. The Bertz CT molecular complexity index is 1260. The smallest absolute Gasteiger partial charge is 0.270 e. The molecule has 1 aromatic heterocycles. The van der Waals surface area contributed by atoms with E-state index < -0.39 is 10.8 Å². The second kappa shape index (κ2) is 10.1. The Hall–Kier alpha value is -4.04. The molecule has 0 spiro atoms. The Morgan fingerprint density at radius 2 is 1.61 bits per heavy atom. The molecule has 33 heavy (non-hydrogen) atoms. The van der Waals surface area contributed by atoms with Crippen LogP contribution in [0.1, 0.15) is 22.8 Å². The van der Waals surface area contributed by atoms with Gasteiger partial charge < -0.3 is 4.42 Å². The Balaban J connectivity index is 1.49. The predicted molar refractivity (Wildman–Crippen MR) is 129 cm³/mol. The molecular formula is C25H18BrN3O4. The average molecular weight is 504 g/mol. The first-order chi connectivity index (χ1) is 16.0. The Morgan fingerprint density at radius 3 is 2.18 bits per heavy atom. The number of hydrogen-bond acceptors (Lipinski definition) is 5. The largest absolute Gasteiger partial charge is 0.455 e. The number of nitrogens with zero attached hydrogens (tertiary/aromatic N) is 2. The topological polar surface area (TPSA) is 97.7 Å². The van der Waals surface area contributed by atoms with Gasteiger partial charge in [0.25, 0.3) is 11.6 Å². The van der Waals surface area contributed by atoms with Crippen LogP contribution in [-0.4, -0.2) is 17.0 Å². The lowest BCUT2D eigenvalue weighted by Gasteiger charge is -2.16. The number of amides is 1. The van der Waals surface area contributed by atoms with Crippen LogP contribution in [0.3, 0.4) is 0 Å². The molecule has 0 saturated carbocycles. The number of nitro benzene ring substituents is 1. The van der Waals surface area contributed by atoms with Crippen molar-refractivity contribution in [3.05, 3.63) is 122 Å². The molecule has 3 aromatic carbocycles. The van der Waals surface area contributed by atoms with Crippen LogP contribution in [0.25, 0.3) is 11.3 Å². The van der Waals surface area contributed by atoms with E-state index in [9.17, 15) is 14.9 Å². The second-order valence-corrected chi connectivity index (χ2v) is 7.97. The fourth-order valence-corrected chi connectivity index (χ4v) is 3.96. The fraction of sp³-hybridized carbons (Fsp3) is 0.0400. The van der Waals surface area contributed by atoms with Crippen molar-refractivity contribution in [1.82, 2.24) is 5.43 Å². The van der Waals surface area contributed by atoms with Gasteiger partial charge in [0.2, 0.25) is 0 Å². The molecule has 0 radical (unpaired) electrons. The molecular weight excluding hydrogens is 486 g/mol. The number of benzene rings is 3. The number of furan rings is 1. The molecule has 7 nitrogen and oxygen atoms in total. The first-order valence-corrected chi connectivity index (χ1v) is 10.8. The summed E-state index contributed by atoms with van der Waals surface area (Å²) in [6.07, 6.45) is 1.41. The van der Waals surface area contributed by atoms with Gasteiger partial charge in [-0.15, -0.1) is 0 Å². The van der Waals surface area contributed by atoms with Gasteiger partial charge in [-0.05, 0) is 45.3 Å². The van der Waals surface area contributed by atoms with E-state index in [1.54, 1.807) is 18.2 Å². The Labute approximate surface area is 198 Å². The predicted octanol–water partition coefficient (Wildman–Crippen LogP) is 5.90. The zero-order valence-corrected chi connectivity index (χ0v) is 18.8. The van der Waals surface area contributed by atoms with Gasteiger partial charge in [-0.2, -0.15) is 5.10 Å². The number of carbonyl (C=O) groups is 1. The highest BCUT2D eigenvalue weighted by Gasteiger charge is 2.22. The van der Waals surface area contributed by atoms with E-state index in [2.05, 4.69) is 26.5 Å². The van der Waals surface area contributed by atoms with E-state index >= 15 is 0 Å². The van der Waals surface area contributed by atoms with E-state index in [4.69, 9.17) is 4.42 Å². The van der Waals surface area contributed by atoms with Crippen LogP contribution in [0.15, 0.2) is 105 Å². The first-order valence-electron chi connectivity index (χ1n) is 10.00. The highest BCUT2D eigenvalue weighted by atomic mass is 79.9. The maximum Gasteiger partial charge on any atom is 0.270 e. The molecule has 0 atom stereocenters. The molecule has 0 saturated heterocycles. The van der Waals surface area contributed by atoms with Gasteiger partial charge in [0.05, 0.1) is 17.1 Å². The average Bonchev–Trinajstić information content (AvgIpc) is 3.29. The van der Waals surface area contributed by atoms with Gasteiger partial charge in [0.15, 0.2) is 0 Å². The molecule has 1 amide bonds. The summed E-state index contributed by atoms with van der Waals surface area (Å²) >= 11 is 3.34. The summed E-state index contributed by atoms with van der Waals surface area (Å²) in [7, 11) is 0. The number of nitrogens with one attached hydrogen (secondary N) is 1. The van der Waals surface area contributed by atoms with Crippen LogP contribution in [0, 0.1) is 10.1 Å². The number of carbonyl (C=O) groups excluding carboxylic acids is 1. The normalized spacial score (nSPS) is 11.1. The van der Waals surface area contributed by atoms with Crippen LogP contribution in [0.5, 0.6) is 0 Å². The molecule has 4 aromatic rings. The van der Waals surface area contributed by atoms with Crippen molar-refractivity contribution in [2.75, 3.05) is 0 Å². The maximum atomic E-state index is 13.0. The first kappa shape index (κ1) is 22.2. The molecule has 0 aliphatic carbocycles. The van der Waals surface area contributed by atoms with Crippen molar-refractivity contribution < 1.29 is 14.1 Å². The van der Waals surface area contributed by atoms with Crippen molar-refractivity contribution in [1.29, 1.82) is 0 Å². The summed E-state index contributed by atoms with van der Waals surface area (Å²) in [5, 5.41) is 15.0. The molecule has 0 fully saturated rings. The molecule has 0 unspecified atom stereocenters. The molecule has 1 heterocycles. The third-order valence-electron chi connectivity index (χ3n) is 4.95. The van der Waals surface area contributed by atoms with Gasteiger partial charge in [0, 0.05) is 22.2 Å². The Morgan fingerprint density at radius 1 is 0.970 bits per heavy atom. The molecule has 0 bridgehead atoms. The number of halogens is 1. The minimum Gasteiger partial charge on any atom is -0.455 e. The van der Waals surface area contributed by atoms with Crippen LogP contribution in [0.2, 0.25) is 0 Å². The SMILES string of the molecule is O=C(N/N=C\c1ccc(-c2ccc([N+](=O)[O-])cc2Br)o1)C(c1ccccc1)c1ccccc1. The lowest BCUT2D eigenvalue weighted by molar-refractivity contribution is -0.384. The van der Waals surface area contributed by atoms with E-state index in [1.807, 2.05) is 60.7 Å². The van der Waals surface area contributed by atoms with Crippen LogP contribution in [-0.2, 0) is 4.79 Å². The van der Waals surface area contributed by atoms with E-state index in [0.29, 0.717) is 21.6 Å². The van der Waals surface area contributed by atoms with Crippen molar-refractivity contribution >= 4 is 33.7 Å². The number of rotatable bonds is 7. The third kappa shape index (κ3) is 5.24. The summed E-state index contributed by atoms with van der Waals surface area (Å²) in [5.41, 5.74) is 4.96. The summed E-state index contributed by atoms with van der Waals surface area (Å²) in [6, 6.07) is 26.8. The summed E-state index contributed by atoms with van der Waals surface area (Å²) in [5.74, 6) is 0.156. The van der Waals surface area contributed by atoms with Crippen molar-refractivity contribution in [2.24, 2.45) is 5.10 Å². The lowest BCUT2D eigenvalue weighted by atomic mass is 9.91. The second-order valence-electron chi connectivity index (χ2n) is 7.11. The quantitative estimate of drug-likeness (QED) is 0.193. The number of hydrazone groups is 1. The zero-order valence-electron chi connectivity index (χ0n) is 17.2.